The van der Waals surface area contributed by atoms with Crippen LogP contribution in [-0.2, 0) is 11.8 Å². The van der Waals surface area contributed by atoms with Gasteiger partial charge in [0.1, 0.15) is 5.82 Å². The Kier molecular flexibility index (Phi) is 3.51. The summed E-state index contributed by atoms with van der Waals surface area (Å²) in [5.41, 5.74) is 3.49. The second kappa shape index (κ2) is 5.48. The number of fused-ring (bicyclic) bond motifs is 1. The van der Waals surface area contributed by atoms with E-state index in [0.717, 1.165) is 33.7 Å². The lowest BCUT2D eigenvalue weighted by Gasteiger charge is -2.03. The molecule has 0 saturated heterocycles. The summed E-state index contributed by atoms with van der Waals surface area (Å²) in [6.07, 6.45) is 4.56. The van der Waals surface area contributed by atoms with Crippen molar-refractivity contribution in [1.82, 2.24) is 4.57 Å². The maximum Gasteiger partial charge on any atom is 0.328 e. The van der Waals surface area contributed by atoms with Crippen LogP contribution in [0.2, 0.25) is 0 Å². The first kappa shape index (κ1) is 14.1. The van der Waals surface area contributed by atoms with Gasteiger partial charge in [-0.1, -0.05) is 18.2 Å². The fourth-order valence-electron chi connectivity index (χ4n) is 2.56. The van der Waals surface area contributed by atoms with Gasteiger partial charge < -0.3 is 9.67 Å². The SMILES string of the molecule is Cn1cc(/C=C\C(=O)O)c2cc(-c3cccc(F)c3)ccc21. The Morgan fingerprint density at radius 3 is 2.68 bits per heavy atom. The molecule has 0 unspecified atom stereocenters. The van der Waals surface area contributed by atoms with Crippen LogP contribution < -0.4 is 0 Å². The van der Waals surface area contributed by atoms with E-state index >= 15 is 0 Å². The highest BCUT2D eigenvalue weighted by molar-refractivity contribution is 5.95. The molecule has 0 spiro atoms. The number of carboxylic acid groups (broad SMARTS) is 1. The highest BCUT2D eigenvalue weighted by Gasteiger charge is 2.07. The summed E-state index contributed by atoms with van der Waals surface area (Å²) >= 11 is 0. The molecule has 3 nitrogen and oxygen atoms in total. The third-order valence-corrected chi connectivity index (χ3v) is 3.58. The van der Waals surface area contributed by atoms with Crippen molar-refractivity contribution in [2.45, 2.75) is 0 Å². The van der Waals surface area contributed by atoms with Gasteiger partial charge in [-0.05, 0) is 41.5 Å². The number of halogens is 1. The van der Waals surface area contributed by atoms with Gasteiger partial charge in [-0.3, -0.25) is 0 Å². The quantitative estimate of drug-likeness (QED) is 0.740. The molecule has 22 heavy (non-hydrogen) atoms. The molecule has 0 aliphatic heterocycles. The number of aromatic nitrogens is 1. The van der Waals surface area contributed by atoms with Gasteiger partial charge >= 0.3 is 5.97 Å². The van der Waals surface area contributed by atoms with E-state index in [4.69, 9.17) is 5.11 Å². The Morgan fingerprint density at radius 1 is 1.18 bits per heavy atom. The molecule has 0 aliphatic carbocycles. The molecule has 3 aromatic rings. The molecule has 4 heteroatoms. The number of rotatable bonds is 3. The first-order valence-corrected chi connectivity index (χ1v) is 6.80. The minimum atomic E-state index is -0.988. The van der Waals surface area contributed by atoms with Crippen LogP contribution in [0.5, 0.6) is 0 Å². The average molecular weight is 295 g/mol. The molecule has 0 amide bonds. The van der Waals surface area contributed by atoms with Crippen molar-refractivity contribution < 1.29 is 14.3 Å². The molecular weight excluding hydrogens is 281 g/mol. The van der Waals surface area contributed by atoms with Crippen LogP contribution in [-0.4, -0.2) is 15.6 Å². The fraction of sp³-hybridized carbons (Fsp3) is 0.0556. The lowest BCUT2D eigenvalue weighted by Crippen LogP contribution is -1.85. The number of aryl methyl sites for hydroxylation is 1. The minimum absolute atomic E-state index is 0.281. The van der Waals surface area contributed by atoms with E-state index in [1.165, 1.54) is 12.1 Å². The van der Waals surface area contributed by atoms with Crippen LogP contribution in [0.15, 0.2) is 54.7 Å². The maximum atomic E-state index is 13.4. The van der Waals surface area contributed by atoms with Crippen molar-refractivity contribution in [2.75, 3.05) is 0 Å². The molecule has 0 radical (unpaired) electrons. The number of carbonyl (C=O) groups is 1. The van der Waals surface area contributed by atoms with E-state index in [2.05, 4.69) is 0 Å². The van der Waals surface area contributed by atoms with Crippen molar-refractivity contribution in [3.63, 3.8) is 0 Å². The number of aliphatic carboxylic acids is 1. The summed E-state index contributed by atoms with van der Waals surface area (Å²) in [5, 5.41) is 9.71. The molecule has 2 aromatic carbocycles. The Balaban J connectivity index is 2.16. The number of hydrogen-bond donors (Lipinski definition) is 1. The number of nitrogens with zero attached hydrogens (tertiary/aromatic N) is 1. The molecule has 1 aromatic heterocycles. The highest BCUT2D eigenvalue weighted by atomic mass is 19.1. The van der Waals surface area contributed by atoms with Crippen molar-refractivity contribution in [3.05, 3.63) is 66.1 Å². The van der Waals surface area contributed by atoms with E-state index in [0.29, 0.717) is 0 Å². The average Bonchev–Trinajstić information content (AvgIpc) is 2.81. The first-order chi connectivity index (χ1) is 10.5. The fourth-order valence-corrected chi connectivity index (χ4v) is 2.56. The van der Waals surface area contributed by atoms with E-state index in [-0.39, 0.29) is 5.82 Å². The second-order valence-electron chi connectivity index (χ2n) is 5.11. The Morgan fingerprint density at radius 2 is 1.95 bits per heavy atom. The zero-order valence-corrected chi connectivity index (χ0v) is 12.0. The lowest BCUT2D eigenvalue weighted by atomic mass is 10.0. The first-order valence-electron chi connectivity index (χ1n) is 6.80. The summed E-state index contributed by atoms with van der Waals surface area (Å²) in [7, 11) is 1.91. The molecule has 3 rings (SSSR count). The summed E-state index contributed by atoms with van der Waals surface area (Å²) in [5.74, 6) is -1.27. The topological polar surface area (TPSA) is 42.2 Å². The number of benzene rings is 2. The predicted octanol–water partition coefficient (Wildman–Crippen LogP) is 4.08. The van der Waals surface area contributed by atoms with Gasteiger partial charge in [0, 0.05) is 35.8 Å². The van der Waals surface area contributed by atoms with Gasteiger partial charge in [0.25, 0.3) is 0 Å². The molecule has 0 atom stereocenters. The summed E-state index contributed by atoms with van der Waals surface area (Å²) in [4.78, 5) is 10.7. The van der Waals surface area contributed by atoms with Crippen LogP contribution >= 0.6 is 0 Å². The Labute approximate surface area is 126 Å². The number of hydrogen-bond acceptors (Lipinski definition) is 1. The van der Waals surface area contributed by atoms with Crippen LogP contribution in [0, 0.1) is 5.82 Å². The Bertz CT molecular complexity index is 893. The highest BCUT2D eigenvalue weighted by Crippen LogP contribution is 2.28. The van der Waals surface area contributed by atoms with Gasteiger partial charge in [-0.25, -0.2) is 9.18 Å². The monoisotopic (exact) mass is 295 g/mol. The molecule has 110 valence electrons. The normalized spacial score (nSPS) is 11.4. The van der Waals surface area contributed by atoms with Gasteiger partial charge in [-0.15, -0.1) is 0 Å². The van der Waals surface area contributed by atoms with Crippen LogP contribution in [0.3, 0.4) is 0 Å². The van der Waals surface area contributed by atoms with E-state index in [1.54, 1.807) is 12.1 Å². The van der Waals surface area contributed by atoms with Gasteiger partial charge in [0.15, 0.2) is 0 Å². The van der Waals surface area contributed by atoms with E-state index in [9.17, 15) is 9.18 Å². The largest absolute Gasteiger partial charge is 0.478 e. The maximum absolute atomic E-state index is 13.4. The van der Waals surface area contributed by atoms with Gasteiger partial charge in [0.2, 0.25) is 0 Å². The lowest BCUT2D eigenvalue weighted by molar-refractivity contribution is -0.131. The third kappa shape index (κ3) is 2.63. The minimum Gasteiger partial charge on any atom is -0.478 e. The van der Waals surface area contributed by atoms with E-state index in [1.807, 2.05) is 42.1 Å². The molecule has 0 bridgehead atoms. The summed E-state index contributed by atoms with van der Waals surface area (Å²) < 4.78 is 15.3. The Hall–Kier alpha value is -2.88. The van der Waals surface area contributed by atoms with Gasteiger partial charge in [0.05, 0.1) is 0 Å². The smallest absolute Gasteiger partial charge is 0.328 e. The van der Waals surface area contributed by atoms with Crippen molar-refractivity contribution in [1.29, 1.82) is 0 Å². The molecule has 0 fully saturated rings. The zero-order chi connectivity index (χ0) is 15.7. The van der Waals surface area contributed by atoms with Gasteiger partial charge in [-0.2, -0.15) is 0 Å². The van der Waals surface area contributed by atoms with Crippen molar-refractivity contribution in [3.8, 4) is 11.1 Å². The standard InChI is InChI=1S/C18H14FNO2/c1-20-11-14(6-8-18(21)22)16-10-13(5-7-17(16)20)12-3-2-4-15(19)9-12/h2-11H,1H3,(H,21,22)/b8-6-. The zero-order valence-electron chi connectivity index (χ0n) is 12.0. The molecule has 1 heterocycles. The van der Waals surface area contributed by atoms with Crippen molar-refractivity contribution >= 4 is 22.9 Å². The molecule has 0 saturated carbocycles. The van der Waals surface area contributed by atoms with E-state index < -0.39 is 5.97 Å². The number of carboxylic acids is 1. The van der Waals surface area contributed by atoms with Crippen LogP contribution in [0.25, 0.3) is 28.1 Å². The van der Waals surface area contributed by atoms with Crippen LogP contribution in [0.1, 0.15) is 5.56 Å². The molecular formula is C18H14FNO2. The summed E-state index contributed by atoms with van der Waals surface area (Å²) in [6.45, 7) is 0. The van der Waals surface area contributed by atoms with Crippen LogP contribution in [0.4, 0.5) is 4.39 Å². The molecule has 1 N–H and O–H groups in total. The third-order valence-electron chi connectivity index (χ3n) is 3.58. The summed E-state index contributed by atoms with van der Waals surface area (Å²) in [6, 6.07) is 12.2. The predicted molar refractivity (Wildman–Crippen MR) is 85.0 cm³/mol. The van der Waals surface area contributed by atoms with Crippen molar-refractivity contribution in [2.24, 2.45) is 7.05 Å². The second-order valence-corrected chi connectivity index (χ2v) is 5.11. The molecule has 0 aliphatic rings.